The van der Waals surface area contributed by atoms with E-state index in [1.807, 2.05) is 69.2 Å². The molecule has 1 atom stereocenters. The van der Waals surface area contributed by atoms with E-state index in [9.17, 15) is 8.42 Å². The van der Waals surface area contributed by atoms with Crippen LogP contribution in [0.15, 0.2) is 47.4 Å². The number of hydrogen-bond acceptors (Lipinski definition) is 4. The zero-order valence-corrected chi connectivity index (χ0v) is 16.6. The van der Waals surface area contributed by atoms with Gasteiger partial charge >= 0.3 is 0 Å². The van der Waals surface area contributed by atoms with Gasteiger partial charge in [-0.3, -0.25) is 0 Å². The number of benzene rings is 2. The summed E-state index contributed by atoms with van der Waals surface area (Å²) in [5, 5.41) is 0. The van der Waals surface area contributed by atoms with Gasteiger partial charge in [-0.25, -0.2) is 8.42 Å². The molecule has 1 saturated heterocycles. The van der Waals surface area contributed by atoms with Crippen LogP contribution >= 0.6 is 0 Å². The predicted molar refractivity (Wildman–Crippen MR) is 104 cm³/mol. The van der Waals surface area contributed by atoms with Gasteiger partial charge in [-0.1, -0.05) is 29.8 Å². The third kappa shape index (κ3) is 3.77. The third-order valence-corrected chi connectivity index (χ3v) is 6.78. The van der Waals surface area contributed by atoms with Crippen LogP contribution in [0.5, 0.6) is 0 Å². The van der Waals surface area contributed by atoms with E-state index in [0.29, 0.717) is 24.6 Å². The van der Waals surface area contributed by atoms with E-state index in [1.54, 1.807) is 10.4 Å². The summed E-state index contributed by atoms with van der Waals surface area (Å²) in [6, 6.07) is 13.5. The molecule has 0 aliphatic carbocycles. The maximum atomic E-state index is 13.1. The first-order valence-electron chi connectivity index (χ1n) is 8.75. The fourth-order valence-electron chi connectivity index (χ4n) is 3.26. The summed E-state index contributed by atoms with van der Waals surface area (Å²) < 4.78 is 33.6. The quantitative estimate of drug-likeness (QED) is 0.825. The zero-order valence-electron chi connectivity index (χ0n) is 15.8. The van der Waals surface area contributed by atoms with Crippen LogP contribution in [-0.2, 0) is 14.8 Å². The molecule has 6 heteroatoms. The Labute approximate surface area is 156 Å². The Bertz CT molecular complexity index is 876. The average molecular weight is 375 g/mol. The van der Waals surface area contributed by atoms with Crippen LogP contribution in [0.1, 0.15) is 22.8 Å². The Kier molecular flexibility index (Phi) is 5.37. The number of sulfonamides is 1. The molecule has 0 N–H and O–H groups in total. The summed E-state index contributed by atoms with van der Waals surface area (Å²) in [6.07, 6.45) is -0.250. The van der Waals surface area contributed by atoms with Crippen LogP contribution in [0, 0.1) is 13.8 Å². The lowest BCUT2D eigenvalue weighted by molar-refractivity contribution is -0.00255. The summed E-state index contributed by atoms with van der Waals surface area (Å²) in [4.78, 5) is 2.41. The SMILES string of the molecule is Cc1ccc(S(=O)(=O)N2CCOC(c3ccc(N(C)C)cc3)C2)c(C)c1. The Morgan fingerprint density at radius 3 is 2.38 bits per heavy atom. The van der Waals surface area contributed by atoms with Gasteiger partial charge in [0.2, 0.25) is 10.0 Å². The van der Waals surface area contributed by atoms with Crippen LogP contribution in [-0.4, -0.2) is 46.5 Å². The van der Waals surface area contributed by atoms with Crippen molar-refractivity contribution in [3.05, 3.63) is 59.2 Å². The Morgan fingerprint density at radius 2 is 1.77 bits per heavy atom. The van der Waals surface area contributed by atoms with Gasteiger partial charge in [0.25, 0.3) is 0 Å². The number of nitrogens with zero attached hydrogens (tertiary/aromatic N) is 2. The van der Waals surface area contributed by atoms with Crippen molar-refractivity contribution in [3.8, 4) is 0 Å². The lowest BCUT2D eigenvalue weighted by Crippen LogP contribution is -2.42. The van der Waals surface area contributed by atoms with Crippen LogP contribution < -0.4 is 4.90 Å². The van der Waals surface area contributed by atoms with Crippen LogP contribution in [0.2, 0.25) is 0 Å². The molecular weight excluding hydrogens is 348 g/mol. The summed E-state index contributed by atoms with van der Waals surface area (Å²) in [6.45, 7) is 4.91. The van der Waals surface area contributed by atoms with Crippen molar-refractivity contribution >= 4 is 15.7 Å². The van der Waals surface area contributed by atoms with Gasteiger partial charge in [0.15, 0.2) is 0 Å². The van der Waals surface area contributed by atoms with Crippen molar-refractivity contribution in [3.63, 3.8) is 0 Å². The predicted octanol–water partition coefficient (Wildman–Crippen LogP) is 3.13. The van der Waals surface area contributed by atoms with Crippen molar-refractivity contribution in [2.45, 2.75) is 24.8 Å². The smallest absolute Gasteiger partial charge is 0.243 e. The highest BCUT2D eigenvalue weighted by Crippen LogP contribution is 2.29. The normalized spacial score (nSPS) is 18.7. The highest BCUT2D eigenvalue weighted by Gasteiger charge is 2.32. The summed E-state index contributed by atoms with van der Waals surface area (Å²) in [5.74, 6) is 0. The Morgan fingerprint density at radius 1 is 1.08 bits per heavy atom. The summed E-state index contributed by atoms with van der Waals surface area (Å²) in [5.41, 5.74) is 3.94. The molecule has 140 valence electrons. The van der Waals surface area contributed by atoms with Crippen LogP contribution in [0.4, 0.5) is 5.69 Å². The first kappa shape index (κ1) is 18.9. The number of ether oxygens (including phenoxy) is 1. The van der Waals surface area contributed by atoms with E-state index >= 15 is 0 Å². The highest BCUT2D eigenvalue weighted by molar-refractivity contribution is 7.89. The van der Waals surface area contributed by atoms with Gasteiger partial charge in [0.05, 0.1) is 17.6 Å². The van der Waals surface area contributed by atoms with Gasteiger partial charge in [-0.05, 0) is 43.2 Å². The lowest BCUT2D eigenvalue weighted by Gasteiger charge is -2.33. The topological polar surface area (TPSA) is 49.9 Å². The van der Waals surface area contributed by atoms with Gasteiger partial charge in [-0.15, -0.1) is 0 Å². The van der Waals surface area contributed by atoms with Crippen molar-refractivity contribution in [2.24, 2.45) is 0 Å². The van der Waals surface area contributed by atoms with E-state index in [1.165, 1.54) is 0 Å². The standard InChI is InChI=1S/C20H26N2O3S/c1-15-5-10-20(16(2)13-15)26(23,24)22-11-12-25-19(14-22)17-6-8-18(9-7-17)21(3)4/h5-10,13,19H,11-12,14H2,1-4H3. The summed E-state index contributed by atoms with van der Waals surface area (Å²) in [7, 11) is 0.454. The zero-order chi connectivity index (χ0) is 18.9. The molecule has 2 aromatic rings. The van der Waals surface area contributed by atoms with E-state index in [0.717, 1.165) is 22.4 Å². The molecule has 3 rings (SSSR count). The molecular formula is C20H26N2O3S. The molecule has 0 bridgehead atoms. The highest BCUT2D eigenvalue weighted by atomic mass is 32.2. The number of anilines is 1. The molecule has 0 radical (unpaired) electrons. The van der Waals surface area contributed by atoms with E-state index in [-0.39, 0.29) is 6.10 Å². The number of aryl methyl sites for hydroxylation is 2. The molecule has 1 aliphatic heterocycles. The Hall–Kier alpha value is -1.89. The van der Waals surface area contributed by atoms with Crippen molar-refractivity contribution in [2.75, 3.05) is 38.7 Å². The van der Waals surface area contributed by atoms with Gasteiger partial charge < -0.3 is 9.64 Å². The van der Waals surface area contributed by atoms with Gasteiger partial charge in [-0.2, -0.15) is 4.31 Å². The Balaban J connectivity index is 1.83. The van der Waals surface area contributed by atoms with E-state index in [2.05, 4.69) is 0 Å². The fourth-order valence-corrected chi connectivity index (χ4v) is 4.89. The minimum absolute atomic E-state index is 0.250. The minimum atomic E-state index is -3.53. The molecule has 1 fully saturated rings. The molecule has 0 spiro atoms. The second-order valence-corrected chi connectivity index (χ2v) is 8.88. The maximum absolute atomic E-state index is 13.1. The largest absolute Gasteiger partial charge is 0.378 e. The number of morpholine rings is 1. The maximum Gasteiger partial charge on any atom is 0.243 e. The van der Waals surface area contributed by atoms with Crippen LogP contribution in [0.25, 0.3) is 0 Å². The first-order chi connectivity index (χ1) is 12.3. The lowest BCUT2D eigenvalue weighted by atomic mass is 10.1. The molecule has 0 amide bonds. The molecule has 5 nitrogen and oxygen atoms in total. The van der Waals surface area contributed by atoms with E-state index < -0.39 is 10.0 Å². The van der Waals surface area contributed by atoms with Gasteiger partial charge in [0.1, 0.15) is 0 Å². The molecule has 1 aliphatic rings. The average Bonchev–Trinajstić information content (AvgIpc) is 2.61. The van der Waals surface area contributed by atoms with E-state index in [4.69, 9.17) is 4.74 Å². The monoisotopic (exact) mass is 374 g/mol. The fraction of sp³-hybridized carbons (Fsp3) is 0.400. The second kappa shape index (κ2) is 7.39. The molecule has 0 saturated carbocycles. The number of rotatable bonds is 4. The third-order valence-electron chi connectivity index (χ3n) is 4.76. The van der Waals surface area contributed by atoms with Crippen molar-refractivity contribution in [1.82, 2.24) is 4.31 Å². The first-order valence-corrected chi connectivity index (χ1v) is 10.2. The van der Waals surface area contributed by atoms with Crippen LogP contribution in [0.3, 0.4) is 0 Å². The summed E-state index contributed by atoms with van der Waals surface area (Å²) >= 11 is 0. The minimum Gasteiger partial charge on any atom is -0.378 e. The van der Waals surface area contributed by atoms with Gasteiger partial charge in [0, 0.05) is 32.9 Å². The van der Waals surface area contributed by atoms with Crippen molar-refractivity contribution < 1.29 is 13.2 Å². The molecule has 2 aromatic carbocycles. The number of hydrogen-bond donors (Lipinski definition) is 0. The second-order valence-electron chi connectivity index (χ2n) is 6.98. The molecule has 26 heavy (non-hydrogen) atoms. The molecule has 1 unspecified atom stereocenters. The molecule has 0 aromatic heterocycles. The van der Waals surface area contributed by atoms with Crippen molar-refractivity contribution in [1.29, 1.82) is 0 Å². The molecule has 1 heterocycles.